The van der Waals surface area contributed by atoms with E-state index in [-0.39, 0.29) is 12.5 Å². The van der Waals surface area contributed by atoms with Crippen molar-refractivity contribution in [3.8, 4) is 6.07 Å². The van der Waals surface area contributed by atoms with Crippen LogP contribution >= 0.6 is 11.6 Å². The minimum Gasteiger partial charge on any atom is -0.403 e. The maximum absolute atomic E-state index is 13.3. The highest BCUT2D eigenvalue weighted by molar-refractivity contribution is 6.32. The van der Waals surface area contributed by atoms with Crippen molar-refractivity contribution in [2.75, 3.05) is 20.8 Å². The monoisotopic (exact) mass is 390 g/mol. The van der Waals surface area contributed by atoms with Gasteiger partial charge < -0.3 is 25.4 Å². The first kappa shape index (κ1) is 20.8. The molecule has 1 amide bonds. The van der Waals surface area contributed by atoms with Gasteiger partial charge in [0.2, 0.25) is 0 Å². The standard InChI is InChI=1S/C19H23ClN4O3/c1-4-24-14(11-22)7-8-19(24,18(25)23-12-17(26-2)27-3)15-6-5-13(10-21)9-16(15)20/h4-6,9,11,17H,1,7-8,12,22H2,2-3H3,(H,23,25)/b14-11-. The first-order chi connectivity index (χ1) is 13.0. The molecule has 1 aromatic rings. The molecule has 144 valence electrons. The predicted molar refractivity (Wildman–Crippen MR) is 102 cm³/mol. The second-order valence-corrected chi connectivity index (χ2v) is 6.40. The number of hydrogen-bond donors (Lipinski definition) is 2. The zero-order valence-corrected chi connectivity index (χ0v) is 16.1. The number of nitriles is 1. The maximum Gasteiger partial charge on any atom is 0.251 e. The molecule has 1 heterocycles. The van der Waals surface area contributed by atoms with Gasteiger partial charge in [0, 0.05) is 36.7 Å². The van der Waals surface area contributed by atoms with E-state index in [9.17, 15) is 4.79 Å². The summed E-state index contributed by atoms with van der Waals surface area (Å²) < 4.78 is 10.3. The Morgan fingerprint density at radius 3 is 2.78 bits per heavy atom. The molecule has 1 unspecified atom stereocenters. The van der Waals surface area contributed by atoms with Crippen LogP contribution in [0.4, 0.5) is 0 Å². The molecule has 7 nitrogen and oxygen atoms in total. The highest BCUT2D eigenvalue weighted by Crippen LogP contribution is 2.46. The normalized spacial score (nSPS) is 20.7. The van der Waals surface area contributed by atoms with Gasteiger partial charge in [-0.2, -0.15) is 5.26 Å². The Morgan fingerprint density at radius 2 is 2.26 bits per heavy atom. The fraction of sp³-hybridized carbons (Fsp3) is 0.368. The number of rotatable bonds is 7. The Bertz CT molecular complexity index is 786. The first-order valence-electron chi connectivity index (χ1n) is 8.35. The Morgan fingerprint density at radius 1 is 1.56 bits per heavy atom. The van der Waals surface area contributed by atoms with Crippen molar-refractivity contribution in [2.24, 2.45) is 5.73 Å². The van der Waals surface area contributed by atoms with Crippen molar-refractivity contribution in [2.45, 2.75) is 24.7 Å². The summed E-state index contributed by atoms with van der Waals surface area (Å²) >= 11 is 6.46. The van der Waals surface area contributed by atoms with E-state index in [2.05, 4.69) is 11.9 Å². The molecule has 0 spiro atoms. The van der Waals surface area contributed by atoms with Crippen LogP contribution in [0.25, 0.3) is 0 Å². The number of benzene rings is 1. The van der Waals surface area contributed by atoms with E-state index in [1.54, 1.807) is 29.3 Å². The van der Waals surface area contributed by atoms with E-state index < -0.39 is 11.8 Å². The number of hydrogen-bond acceptors (Lipinski definition) is 6. The van der Waals surface area contributed by atoms with Crippen LogP contribution in [0.1, 0.15) is 24.0 Å². The van der Waals surface area contributed by atoms with E-state index in [0.29, 0.717) is 29.0 Å². The number of nitrogens with two attached hydrogens (primary N) is 1. The summed E-state index contributed by atoms with van der Waals surface area (Å²) in [5, 5.41) is 12.3. The number of carbonyl (C=O) groups excluding carboxylic acids is 1. The van der Waals surface area contributed by atoms with Crippen LogP contribution in [-0.2, 0) is 19.8 Å². The molecular formula is C19H23ClN4O3. The third kappa shape index (κ3) is 3.78. The predicted octanol–water partition coefficient (Wildman–Crippen LogP) is 2.18. The van der Waals surface area contributed by atoms with Crippen molar-refractivity contribution >= 4 is 17.5 Å². The topological polar surface area (TPSA) is 101 Å². The highest BCUT2D eigenvalue weighted by Gasteiger charge is 2.50. The van der Waals surface area contributed by atoms with Gasteiger partial charge in [-0.15, -0.1) is 0 Å². The van der Waals surface area contributed by atoms with Crippen LogP contribution < -0.4 is 11.1 Å². The molecule has 8 heteroatoms. The van der Waals surface area contributed by atoms with Crippen molar-refractivity contribution < 1.29 is 14.3 Å². The Balaban J connectivity index is 2.52. The summed E-state index contributed by atoms with van der Waals surface area (Å²) in [7, 11) is 2.99. The maximum atomic E-state index is 13.3. The van der Waals surface area contributed by atoms with Gasteiger partial charge in [-0.1, -0.05) is 24.2 Å². The second-order valence-electron chi connectivity index (χ2n) is 5.99. The van der Waals surface area contributed by atoms with Crippen molar-refractivity contribution in [1.82, 2.24) is 10.2 Å². The average molecular weight is 391 g/mol. The summed E-state index contributed by atoms with van der Waals surface area (Å²) in [5.74, 6) is -0.287. The molecule has 0 bridgehead atoms. The fourth-order valence-electron chi connectivity index (χ4n) is 3.35. The minimum absolute atomic E-state index is 0.161. The number of halogens is 1. The van der Waals surface area contributed by atoms with Crippen LogP contribution in [0.5, 0.6) is 0 Å². The number of carbonyl (C=O) groups is 1. The molecule has 0 aromatic heterocycles. The summed E-state index contributed by atoms with van der Waals surface area (Å²) in [4.78, 5) is 15.1. The molecule has 1 aliphatic rings. The van der Waals surface area contributed by atoms with E-state index in [1.807, 2.05) is 6.07 Å². The SMILES string of the molecule is C=CN1/C(=C\N)CCC1(C(=O)NCC(OC)OC)c1ccc(C#N)cc1Cl. The van der Waals surface area contributed by atoms with Crippen LogP contribution in [-0.4, -0.2) is 37.9 Å². The Labute approximate surface area is 164 Å². The van der Waals surface area contributed by atoms with E-state index in [0.717, 1.165) is 5.70 Å². The molecule has 0 saturated carbocycles. The molecule has 1 atom stereocenters. The van der Waals surface area contributed by atoms with Gasteiger partial charge in [0.25, 0.3) is 5.91 Å². The molecule has 1 aromatic carbocycles. The zero-order chi connectivity index (χ0) is 20.0. The number of methoxy groups -OCH3 is 2. The van der Waals surface area contributed by atoms with Gasteiger partial charge >= 0.3 is 0 Å². The molecule has 2 rings (SSSR count). The molecule has 0 radical (unpaired) electrons. The summed E-state index contributed by atoms with van der Waals surface area (Å²) in [5.41, 5.74) is 6.36. The number of allylic oxidation sites excluding steroid dienone is 1. The highest BCUT2D eigenvalue weighted by atomic mass is 35.5. The zero-order valence-electron chi connectivity index (χ0n) is 15.4. The quantitative estimate of drug-likeness (QED) is 0.692. The summed E-state index contributed by atoms with van der Waals surface area (Å²) in [6.07, 6.45) is 3.46. The second kappa shape index (κ2) is 8.91. The molecular weight excluding hydrogens is 368 g/mol. The lowest BCUT2D eigenvalue weighted by atomic mass is 9.85. The lowest BCUT2D eigenvalue weighted by Gasteiger charge is -2.38. The number of amides is 1. The molecule has 0 aliphatic carbocycles. The summed E-state index contributed by atoms with van der Waals surface area (Å²) in [6, 6.07) is 6.92. The lowest BCUT2D eigenvalue weighted by molar-refractivity contribution is -0.136. The number of likely N-dealkylation sites (tertiary alicyclic amines) is 1. The Kier molecular flexibility index (Phi) is 6.86. The van der Waals surface area contributed by atoms with Crippen LogP contribution in [0, 0.1) is 11.3 Å². The molecule has 1 fully saturated rings. The smallest absolute Gasteiger partial charge is 0.251 e. The minimum atomic E-state index is -1.13. The molecule has 1 saturated heterocycles. The molecule has 3 N–H and O–H groups in total. The third-order valence-corrected chi connectivity index (χ3v) is 5.03. The number of nitrogens with zero attached hydrogens (tertiary/aromatic N) is 2. The van der Waals surface area contributed by atoms with Gasteiger partial charge in [0.15, 0.2) is 6.29 Å². The van der Waals surface area contributed by atoms with Crippen molar-refractivity contribution in [3.05, 3.63) is 59.0 Å². The van der Waals surface area contributed by atoms with Crippen LogP contribution in [0.2, 0.25) is 5.02 Å². The van der Waals surface area contributed by atoms with Gasteiger partial charge in [-0.05, 0) is 31.2 Å². The molecule has 1 aliphatic heterocycles. The van der Waals surface area contributed by atoms with Crippen LogP contribution in [0.3, 0.4) is 0 Å². The van der Waals surface area contributed by atoms with E-state index >= 15 is 0 Å². The number of ether oxygens (including phenoxy) is 2. The first-order valence-corrected chi connectivity index (χ1v) is 8.73. The fourth-order valence-corrected chi connectivity index (χ4v) is 3.68. The van der Waals surface area contributed by atoms with Crippen molar-refractivity contribution in [1.29, 1.82) is 5.26 Å². The Hall–Kier alpha value is -2.53. The van der Waals surface area contributed by atoms with Gasteiger partial charge in [-0.3, -0.25) is 4.79 Å². The van der Waals surface area contributed by atoms with Crippen molar-refractivity contribution in [3.63, 3.8) is 0 Å². The summed E-state index contributed by atoms with van der Waals surface area (Å²) in [6.45, 7) is 4.00. The van der Waals surface area contributed by atoms with Gasteiger partial charge in [0.05, 0.1) is 18.2 Å². The van der Waals surface area contributed by atoms with Gasteiger partial charge in [0.1, 0.15) is 5.54 Å². The van der Waals surface area contributed by atoms with E-state index in [1.165, 1.54) is 20.4 Å². The van der Waals surface area contributed by atoms with Gasteiger partial charge in [-0.25, -0.2) is 0 Å². The third-order valence-electron chi connectivity index (χ3n) is 4.71. The van der Waals surface area contributed by atoms with E-state index in [4.69, 9.17) is 32.1 Å². The number of nitrogens with one attached hydrogen (secondary N) is 1. The average Bonchev–Trinajstić information content (AvgIpc) is 3.07. The van der Waals surface area contributed by atoms with Crippen LogP contribution in [0.15, 0.2) is 42.9 Å². The largest absolute Gasteiger partial charge is 0.403 e. The lowest BCUT2D eigenvalue weighted by Crippen LogP contribution is -2.52. The molecule has 27 heavy (non-hydrogen) atoms.